The number of aromatic nitrogens is 3. The maximum Gasteiger partial charge on any atom is 0.158 e. The van der Waals surface area contributed by atoms with E-state index in [4.69, 9.17) is 23.2 Å². The molecule has 2 aromatic heterocycles. The molecule has 0 amide bonds. The van der Waals surface area contributed by atoms with Gasteiger partial charge in [0.15, 0.2) is 5.65 Å². The van der Waals surface area contributed by atoms with Crippen molar-refractivity contribution in [2.24, 2.45) is 0 Å². The van der Waals surface area contributed by atoms with Crippen LogP contribution in [0.4, 0.5) is 0 Å². The van der Waals surface area contributed by atoms with Crippen LogP contribution in [0.3, 0.4) is 0 Å². The third kappa shape index (κ3) is 2.52. The van der Waals surface area contributed by atoms with E-state index < -0.39 is 0 Å². The fourth-order valence-corrected chi connectivity index (χ4v) is 1.70. The van der Waals surface area contributed by atoms with Gasteiger partial charge in [0.05, 0.1) is 5.69 Å². The van der Waals surface area contributed by atoms with Crippen molar-refractivity contribution in [2.75, 3.05) is 7.05 Å². The predicted molar refractivity (Wildman–Crippen MR) is 63.0 cm³/mol. The van der Waals surface area contributed by atoms with Gasteiger partial charge in [0.25, 0.3) is 0 Å². The van der Waals surface area contributed by atoms with Gasteiger partial charge in [-0.05, 0) is 7.05 Å². The van der Waals surface area contributed by atoms with Gasteiger partial charge in [-0.2, -0.15) is 5.10 Å². The molecule has 2 heterocycles. The maximum absolute atomic E-state index is 5.93. The van der Waals surface area contributed by atoms with Crippen LogP contribution in [0.2, 0.25) is 10.3 Å². The minimum atomic E-state index is 0. The van der Waals surface area contributed by atoms with E-state index in [0.717, 1.165) is 5.69 Å². The Hall–Kier alpha value is -0.550. The standard InChI is InChI=1S/C8H8Cl2N4.ClH/c1-11-4-5-2-8-12-6(9)3-7(10)14(8)13-5;/h2-3,11H,4H2,1H3;1H. The molecule has 0 aromatic carbocycles. The minimum Gasteiger partial charge on any atom is -0.314 e. The first-order chi connectivity index (χ1) is 6.70. The Bertz CT molecular complexity index is 468. The number of nitrogens with zero attached hydrogens (tertiary/aromatic N) is 3. The van der Waals surface area contributed by atoms with Crippen LogP contribution >= 0.6 is 35.6 Å². The van der Waals surface area contributed by atoms with Crippen molar-refractivity contribution in [1.29, 1.82) is 0 Å². The zero-order chi connectivity index (χ0) is 10.1. The summed E-state index contributed by atoms with van der Waals surface area (Å²) >= 11 is 11.7. The third-order valence-corrected chi connectivity index (χ3v) is 2.22. The van der Waals surface area contributed by atoms with E-state index in [1.54, 1.807) is 10.6 Å². The minimum absolute atomic E-state index is 0. The first kappa shape index (κ1) is 12.5. The number of hydrogen-bond donors (Lipinski definition) is 1. The van der Waals surface area contributed by atoms with Gasteiger partial charge < -0.3 is 5.32 Å². The molecule has 82 valence electrons. The van der Waals surface area contributed by atoms with Gasteiger partial charge in [-0.3, -0.25) is 0 Å². The smallest absolute Gasteiger partial charge is 0.158 e. The molecule has 0 unspecified atom stereocenters. The summed E-state index contributed by atoms with van der Waals surface area (Å²) in [6, 6.07) is 3.40. The van der Waals surface area contributed by atoms with Gasteiger partial charge in [0.2, 0.25) is 0 Å². The molecule has 4 nitrogen and oxygen atoms in total. The van der Waals surface area contributed by atoms with E-state index in [9.17, 15) is 0 Å². The number of fused-ring (bicyclic) bond motifs is 1. The molecule has 0 radical (unpaired) electrons. The van der Waals surface area contributed by atoms with Crippen molar-refractivity contribution in [2.45, 2.75) is 6.54 Å². The van der Waals surface area contributed by atoms with Crippen LogP contribution in [0.5, 0.6) is 0 Å². The SMILES string of the molecule is CNCc1cc2nc(Cl)cc(Cl)n2n1.Cl. The summed E-state index contributed by atoms with van der Waals surface area (Å²) in [4.78, 5) is 4.09. The number of halogens is 3. The molecule has 0 saturated heterocycles. The second-order valence-corrected chi connectivity index (χ2v) is 3.61. The first-order valence-corrected chi connectivity index (χ1v) is 4.81. The van der Waals surface area contributed by atoms with Crippen LogP contribution in [-0.4, -0.2) is 21.6 Å². The van der Waals surface area contributed by atoms with Gasteiger partial charge in [0.1, 0.15) is 10.3 Å². The molecule has 1 N–H and O–H groups in total. The van der Waals surface area contributed by atoms with Crippen molar-refractivity contribution in [1.82, 2.24) is 19.9 Å². The summed E-state index contributed by atoms with van der Waals surface area (Å²) in [6.45, 7) is 0.678. The van der Waals surface area contributed by atoms with Crippen molar-refractivity contribution in [3.05, 3.63) is 28.1 Å². The second kappa shape index (κ2) is 4.99. The maximum atomic E-state index is 5.93. The van der Waals surface area contributed by atoms with Gasteiger partial charge in [-0.1, -0.05) is 23.2 Å². The highest BCUT2D eigenvalue weighted by atomic mass is 35.5. The largest absolute Gasteiger partial charge is 0.314 e. The summed E-state index contributed by atoms with van der Waals surface area (Å²) in [6.07, 6.45) is 0. The predicted octanol–water partition coefficient (Wildman–Crippen LogP) is 2.18. The van der Waals surface area contributed by atoms with Crippen molar-refractivity contribution < 1.29 is 0 Å². The monoisotopic (exact) mass is 266 g/mol. The Morgan fingerprint density at radius 1 is 1.40 bits per heavy atom. The Labute approximate surface area is 103 Å². The molecule has 0 atom stereocenters. The fourth-order valence-electron chi connectivity index (χ4n) is 1.22. The Morgan fingerprint density at radius 2 is 2.13 bits per heavy atom. The average molecular weight is 268 g/mol. The number of hydrogen-bond acceptors (Lipinski definition) is 3. The van der Waals surface area contributed by atoms with Gasteiger partial charge in [0, 0.05) is 18.7 Å². The van der Waals surface area contributed by atoms with Gasteiger partial charge >= 0.3 is 0 Å². The van der Waals surface area contributed by atoms with Gasteiger partial charge in [-0.25, -0.2) is 9.50 Å². The normalized spacial score (nSPS) is 10.3. The van der Waals surface area contributed by atoms with E-state index in [-0.39, 0.29) is 12.4 Å². The topological polar surface area (TPSA) is 42.2 Å². The molecule has 15 heavy (non-hydrogen) atoms. The zero-order valence-electron chi connectivity index (χ0n) is 7.87. The van der Waals surface area contributed by atoms with Crippen LogP contribution in [-0.2, 0) is 6.54 Å². The highest BCUT2D eigenvalue weighted by Crippen LogP contribution is 2.16. The third-order valence-electron chi connectivity index (χ3n) is 1.76. The zero-order valence-corrected chi connectivity index (χ0v) is 10.2. The van der Waals surface area contributed by atoms with Crippen molar-refractivity contribution in [3.63, 3.8) is 0 Å². The molecule has 7 heteroatoms. The molecule has 0 aliphatic carbocycles. The molecular weight excluding hydrogens is 258 g/mol. The van der Waals surface area contributed by atoms with Crippen molar-refractivity contribution in [3.8, 4) is 0 Å². The molecule has 0 aliphatic rings. The van der Waals surface area contributed by atoms with Crippen molar-refractivity contribution >= 4 is 41.3 Å². The summed E-state index contributed by atoms with van der Waals surface area (Å²) < 4.78 is 1.56. The molecule has 0 fully saturated rings. The summed E-state index contributed by atoms with van der Waals surface area (Å²) in [5.41, 5.74) is 1.54. The molecule has 0 aliphatic heterocycles. The number of nitrogens with one attached hydrogen (secondary N) is 1. The van der Waals surface area contributed by atoms with Crippen LogP contribution in [0.1, 0.15) is 5.69 Å². The van der Waals surface area contributed by atoms with E-state index in [0.29, 0.717) is 22.5 Å². The Kier molecular flexibility index (Phi) is 4.16. The van der Waals surface area contributed by atoms with Gasteiger partial charge in [-0.15, -0.1) is 12.4 Å². The summed E-state index contributed by atoms with van der Waals surface area (Å²) in [5.74, 6) is 0. The molecule has 2 rings (SSSR count). The second-order valence-electron chi connectivity index (χ2n) is 2.84. The molecule has 0 spiro atoms. The summed E-state index contributed by atoms with van der Waals surface area (Å²) in [5, 5.41) is 8.08. The summed E-state index contributed by atoms with van der Waals surface area (Å²) in [7, 11) is 1.85. The number of rotatable bonds is 2. The Balaban J connectivity index is 0.00000112. The lowest BCUT2D eigenvalue weighted by Gasteiger charge is -1.95. The van der Waals surface area contributed by atoms with Crippen LogP contribution in [0, 0.1) is 0 Å². The lowest BCUT2D eigenvalue weighted by atomic mass is 10.4. The lowest BCUT2D eigenvalue weighted by molar-refractivity contribution is 0.769. The molecule has 0 bridgehead atoms. The highest BCUT2D eigenvalue weighted by Gasteiger charge is 2.06. The molecular formula is C8H9Cl3N4. The van der Waals surface area contributed by atoms with Crippen LogP contribution in [0.15, 0.2) is 12.1 Å². The van der Waals surface area contributed by atoms with E-state index in [2.05, 4.69) is 15.4 Å². The molecule has 2 aromatic rings. The quantitative estimate of drug-likeness (QED) is 0.848. The molecule has 0 saturated carbocycles. The fraction of sp³-hybridized carbons (Fsp3) is 0.250. The lowest BCUT2D eigenvalue weighted by Crippen LogP contribution is -2.05. The van der Waals surface area contributed by atoms with E-state index in [1.165, 1.54) is 0 Å². The first-order valence-electron chi connectivity index (χ1n) is 4.06. The van der Waals surface area contributed by atoms with E-state index >= 15 is 0 Å². The highest BCUT2D eigenvalue weighted by molar-refractivity contribution is 6.33. The van der Waals surface area contributed by atoms with E-state index in [1.807, 2.05) is 13.1 Å². The Morgan fingerprint density at radius 3 is 2.80 bits per heavy atom. The van der Waals surface area contributed by atoms with Crippen LogP contribution < -0.4 is 5.32 Å². The average Bonchev–Trinajstić information content (AvgIpc) is 2.48. The van der Waals surface area contributed by atoms with Crippen LogP contribution in [0.25, 0.3) is 5.65 Å².